The van der Waals surface area contributed by atoms with Crippen LogP contribution in [0.4, 0.5) is 0 Å². The van der Waals surface area contributed by atoms with Crippen molar-refractivity contribution in [3.8, 4) is 22.8 Å². The average molecular weight is 481 g/mol. The molecule has 7 heteroatoms. The smallest absolute Gasteiger partial charge is 0.253 e. The fourth-order valence-corrected chi connectivity index (χ4v) is 4.61. The largest absolute Gasteiger partial charge is 0.497 e. The van der Waals surface area contributed by atoms with Crippen molar-refractivity contribution in [1.82, 2.24) is 20.1 Å². The molecule has 0 fully saturated rings. The van der Waals surface area contributed by atoms with Crippen molar-refractivity contribution in [2.24, 2.45) is 5.41 Å². The third kappa shape index (κ3) is 4.64. The van der Waals surface area contributed by atoms with E-state index in [1.807, 2.05) is 54.6 Å². The van der Waals surface area contributed by atoms with Gasteiger partial charge in [-0.05, 0) is 41.7 Å². The normalized spacial score (nSPS) is 14.2. The molecule has 182 valence electrons. The first-order valence-corrected chi connectivity index (χ1v) is 11.9. The van der Waals surface area contributed by atoms with E-state index in [4.69, 9.17) is 9.84 Å². The second kappa shape index (κ2) is 9.41. The quantitative estimate of drug-likeness (QED) is 0.418. The van der Waals surface area contributed by atoms with Crippen molar-refractivity contribution in [2.45, 2.75) is 33.2 Å². The number of rotatable bonds is 6. The Bertz CT molecular complexity index is 1410. The van der Waals surface area contributed by atoms with Gasteiger partial charge in [0.1, 0.15) is 11.4 Å². The summed E-state index contributed by atoms with van der Waals surface area (Å²) in [5, 5.41) is 7.75. The van der Waals surface area contributed by atoms with Crippen molar-refractivity contribution >= 4 is 11.7 Å². The van der Waals surface area contributed by atoms with E-state index in [1.54, 1.807) is 30.1 Å². The summed E-state index contributed by atoms with van der Waals surface area (Å²) in [6, 6.07) is 20.8. The number of ketones is 1. The first-order valence-electron chi connectivity index (χ1n) is 11.9. The Hall–Kier alpha value is -4.26. The number of aromatic nitrogens is 3. The van der Waals surface area contributed by atoms with Gasteiger partial charge in [0.25, 0.3) is 5.91 Å². The fraction of sp³-hybridized carbons (Fsp3) is 0.241. The highest BCUT2D eigenvalue weighted by atomic mass is 16.5. The number of Topliss-reactive ketones (excluding diaryl/α,β-unsaturated/α-hetero) is 1. The lowest BCUT2D eigenvalue weighted by Gasteiger charge is -2.29. The molecule has 0 atom stereocenters. The van der Waals surface area contributed by atoms with Gasteiger partial charge in [-0.25, -0.2) is 9.67 Å². The Morgan fingerprint density at radius 3 is 2.44 bits per heavy atom. The number of nitrogens with one attached hydrogen (secondary N) is 1. The molecule has 2 heterocycles. The molecule has 0 saturated carbocycles. The first kappa shape index (κ1) is 23.5. The van der Waals surface area contributed by atoms with E-state index < -0.39 is 0 Å². The van der Waals surface area contributed by atoms with Crippen LogP contribution in [0.2, 0.25) is 0 Å². The maximum absolute atomic E-state index is 13.2. The molecule has 0 saturated heterocycles. The zero-order valence-corrected chi connectivity index (χ0v) is 20.6. The molecule has 1 aliphatic carbocycles. The van der Waals surface area contributed by atoms with Gasteiger partial charge in [0.2, 0.25) is 0 Å². The van der Waals surface area contributed by atoms with Gasteiger partial charge in [-0.3, -0.25) is 9.59 Å². The molecule has 0 unspecified atom stereocenters. The number of hydrogen-bond donors (Lipinski definition) is 1. The number of hydrogen-bond acceptors (Lipinski definition) is 5. The number of amides is 1. The van der Waals surface area contributed by atoms with Crippen LogP contribution in [-0.2, 0) is 13.0 Å². The molecular weight excluding hydrogens is 452 g/mol. The molecule has 5 rings (SSSR count). The van der Waals surface area contributed by atoms with E-state index in [1.165, 1.54) is 0 Å². The van der Waals surface area contributed by atoms with Crippen LogP contribution in [-0.4, -0.2) is 33.6 Å². The number of benzene rings is 2. The fourth-order valence-electron chi connectivity index (χ4n) is 4.61. The second-order valence-corrected chi connectivity index (χ2v) is 9.82. The highest BCUT2D eigenvalue weighted by Gasteiger charge is 2.37. The number of pyridine rings is 1. The summed E-state index contributed by atoms with van der Waals surface area (Å²) in [6.45, 7) is 4.59. The van der Waals surface area contributed by atoms with Crippen molar-refractivity contribution in [3.63, 3.8) is 0 Å². The Morgan fingerprint density at radius 1 is 1.03 bits per heavy atom. The van der Waals surface area contributed by atoms with Crippen molar-refractivity contribution in [3.05, 3.63) is 95.3 Å². The van der Waals surface area contributed by atoms with Gasteiger partial charge >= 0.3 is 0 Å². The summed E-state index contributed by atoms with van der Waals surface area (Å²) in [5.41, 5.74) is 4.36. The molecule has 0 aliphatic heterocycles. The van der Waals surface area contributed by atoms with E-state index in [0.29, 0.717) is 42.0 Å². The summed E-state index contributed by atoms with van der Waals surface area (Å²) in [6.07, 6.45) is 2.73. The van der Waals surface area contributed by atoms with Crippen molar-refractivity contribution in [2.75, 3.05) is 7.11 Å². The number of ether oxygens (including phenoxy) is 1. The summed E-state index contributed by atoms with van der Waals surface area (Å²) >= 11 is 0. The maximum Gasteiger partial charge on any atom is 0.253 e. The molecular formula is C29H28N4O3. The standard InChI is InChI=1S/C29H28N4O3/c1-29(2)15-23-26(24(34)16-29)27(20-7-5-4-6-8-20)32-33(23)25-14-11-21(18-30-25)28(35)31-17-19-9-12-22(36-3)13-10-19/h4-14,18H,15-17H2,1-3H3,(H,31,35). The summed E-state index contributed by atoms with van der Waals surface area (Å²) in [5.74, 6) is 1.23. The topological polar surface area (TPSA) is 86.1 Å². The van der Waals surface area contributed by atoms with Crippen LogP contribution in [0.25, 0.3) is 17.1 Å². The monoisotopic (exact) mass is 480 g/mol. The van der Waals surface area contributed by atoms with Gasteiger partial charge in [0.05, 0.1) is 23.9 Å². The van der Waals surface area contributed by atoms with Crippen LogP contribution < -0.4 is 10.1 Å². The van der Waals surface area contributed by atoms with Crippen molar-refractivity contribution in [1.29, 1.82) is 0 Å². The van der Waals surface area contributed by atoms with E-state index in [2.05, 4.69) is 24.1 Å². The lowest BCUT2D eigenvalue weighted by Crippen LogP contribution is -2.28. The van der Waals surface area contributed by atoms with E-state index in [0.717, 1.165) is 22.6 Å². The molecule has 36 heavy (non-hydrogen) atoms. The van der Waals surface area contributed by atoms with E-state index in [-0.39, 0.29) is 17.1 Å². The highest BCUT2D eigenvalue weighted by molar-refractivity contribution is 6.04. The molecule has 1 amide bonds. The molecule has 1 N–H and O–H groups in total. The Morgan fingerprint density at radius 2 is 1.78 bits per heavy atom. The first-order chi connectivity index (χ1) is 17.3. The van der Waals surface area contributed by atoms with Gasteiger partial charge in [0, 0.05) is 24.7 Å². The zero-order chi connectivity index (χ0) is 25.3. The molecule has 0 spiro atoms. The second-order valence-electron chi connectivity index (χ2n) is 9.82. The van der Waals surface area contributed by atoms with Gasteiger partial charge in [-0.2, -0.15) is 5.10 Å². The van der Waals surface area contributed by atoms with Crippen LogP contribution in [0.1, 0.15) is 52.2 Å². The summed E-state index contributed by atoms with van der Waals surface area (Å²) < 4.78 is 6.93. The minimum atomic E-state index is -0.214. The predicted molar refractivity (Wildman–Crippen MR) is 137 cm³/mol. The molecule has 4 aromatic rings. The van der Waals surface area contributed by atoms with Crippen LogP contribution in [0.15, 0.2) is 72.9 Å². The zero-order valence-electron chi connectivity index (χ0n) is 20.6. The van der Waals surface area contributed by atoms with Gasteiger partial charge in [0.15, 0.2) is 11.6 Å². The molecule has 1 aliphatic rings. The Labute approximate surface area is 210 Å². The molecule has 2 aromatic heterocycles. The molecule has 2 aromatic carbocycles. The number of nitrogens with zero attached hydrogens (tertiary/aromatic N) is 3. The summed E-state index contributed by atoms with van der Waals surface area (Å²) in [7, 11) is 1.62. The molecule has 7 nitrogen and oxygen atoms in total. The van der Waals surface area contributed by atoms with Crippen LogP contribution in [0.5, 0.6) is 5.75 Å². The maximum atomic E-state index is 13.2. The summed E-state index contributed by atoms with van der Waals surface area (Å²) in [4.78, 5) is 30.4. The van der Waals surface area contributed by atoms with Gasteiger partial charge in [-0.1, -0.05) is 56.3 Å². The number of fused-ring (bicyclic) bond motifs is 1. The lowest BCUT2D eigenvalue weighted by atomic mass is 9.75. The Kier molecular flexibility index (Phi) is 6.14. The average Bonchev–Trinajstić information content (AvgIpc) is 3.27. The van der Waals surface area contributed by atoms with E-state index in [9.17, 15) is 9.59 Å². The molecule has 0 radical (unpaired) electrons. The minimum absolute atomic E-state index is 0.0980. The highest BCUT2D eigenvalue weighted by Crippen LogP contribution is 2.39. The Balaban J connectivity index is 1.42. The van der Waals surface area contributed by atoms with Crippen LogP contribution in [0.3, 0.4) is 0 Å². The SMILES string of the molecule is COc1ccc(CNC(=O)c2ccc(-n3nc(-c4ccccc4)c4c3CC(C)(C)CC4=O)nc2)cc1. The predicted octanol–water partition coefficient (Wildman–Crippen LogP) is 5.03. The minimum Gasteiger partial charge on any atom is -0.497 e. The van der Waals surface area contributed by atoms with Gasteiger partial charge in [-0.15, -0.1) is 0 Å². The molecule has 0 bridgehead atoms. The van der Waals surface area contributed by atoms with Crippen molar-refractivity contribution < 1.29 is 14.3 Å². The third-order valence-electron chi connectivity index (χ3n) is 6.43. The third-order valence-corrected chi connectivity index (χ3v) is 6.43. The number of carbonyl (C=O) groups excluding carboxylic acids is 2. The van der Waals surface area contributed by atoms with E-state index >= 15 is 0 Å². The number of methoxy groups -OCH3 is 1. The lowest BCUT2D eigenvalue weighted by molar-refractivity contribution is 0.0910. The van der Waals surface area contributed by atoms with Crippen LogP contribution >= 0.6 is 0 Å². The van der Waals surface area contributed by atoms with Gasteiger partial charge < -0.3 is 10.1 Å². The van der Waals surface area contributed by atoms with Crippen LogP contribution in [0, 0.1) is 5.41 Å². The number of carbonyl (C=O) groups is 2.